The van der Waals surface area contributed by atoms with Crippen molar-refractivity contribution in [3.8, 4) is 11.4 Å². The zero-order chi connectivity index (χ0) is 22.1. The fraction of sp³-hybridized carbons (Fsp3) is 0.0909. The Morgan fingerprint density at radius 1 is 1.13 bits per heavy atom. The molecule has 2 heterocycles. The molecule has 0 fully saturated rings. The Morgan fingerprint density at radius 3 is 2.45 bits per heavy atom. The van der Waals surface area contributed by atoms with Crippen LogP contribution < -0.4 is 10.9 Å². The number of hydrogen-bond donors (Lipinski definition) is 2. The monoisotopic (exact) mass is 437 g/mol. The van der Waals surface area contributed by atoms with E-state index >= 15 is 0 Å². The molecular formula is C22H16FN3O4S. The molecule has 1 atom stereocenters. The Kier molecular flexibility index (Phi) is 5.35. The molecule has 0 aliphatic carbocycles. The maximum Gasteiger partial charge on any atom is 0.337 e. The Labute approximate surface area is 179 Å². The van der Waals surface area contributed by atoms with Crippen molar-refractivity contribution in [2.45, 2.75) is 13.0 Å². The molecule has 4 rings (SSSR count). The minimum atomic E-state index is -1.24. The van der Waals surface area contributed by atoms with E-state index in [-0.39, 0.29) is 21.6 Å². The summed E-state index contributed by atoms with van der Waals surface area (Å²) in [6, 6.07) is 13.1. The molecule has 0 saturated heterocycles. The lowest BCUT2D eigenvalue weighted by Gasteiger charge is -2.19. The van der Waals surface area contributed by atoms with Gasteiger partial charge in [-0.25, -0.2) is 14.2 Å². The summed E-state index contributed by atoms with van der Waals surface area (Å²) >= 11 is 1.06. The van der Waals surface area contributed by atoms with Crippen molar-refractivity contribution in [2.75, 3.05) is 5.32 Å². The lowest BCUT2D eigenvalue weighted by molar-refractivity contribution is -0.118. The van der Waals surface area contributed by atoms with Crippen molar-refractivity contribution in [2.24, 2.45) is 0 Å². The second-order valence-corrected chi connectivity index (χ2v) is 7.64. The van der Waals surface area contributed by atoms with Gasteiger partial charge in [0.1, 0.15) is 22.5 Å². The lowest BCUT2D eigenvalue weighted by atomic mass is 10.1. The third-order valence-electron chi connectivity index (χ3n) is 4.78. The van der Waals surface area contributed by atoms with Gasteiger partial charge in [0.15, 0.2) is 0 Å². The predicted molar refractivity (Wildman–Crippen MR) is 116 cm³/mol. The Bertz CT molecular complexity index is 1350. The van der Waals surface area contributed by atoms with Gasteiger partial charge in [-0.1, -0.05) is 30.3 Å². The molecule has 0 bridgehead atoms. The van der Waals surface area contributed by atoms with Crippen LogP contribution in [0.1, 0.15) is 23.3 Å². The van der Waals surface area contributed by atoms with Gasteiger partial charge >= 0.3 is 5.97 Å². The largest absolute Gasteiger partial charge is 0.478 e. The van der Waals surface area contributed by atoms with E-state index in [9.17, 15) is 23.9 Å². The van der Waals surface area contributed by atoms with Crippen LogP contribution in [-0.4, -0.2) is 26.5 Å². The predicted octanol–water partition coefficient (Wildman–Crippen LogP) is 4.16. The van der Waals surface area contributed by atoms with Crippen molar-refractivity contribution in [3.63, 3.8) is 0 Å². The molecule has 2 aromatic carbocycles. The van der Waals surface area contributed by atoms with E-state index in [0.717, 1.165) is 11.3 Å². The number of carbonyl (C=O) groups excluding carboxylic acids is 1. The van der Waals surface area contributed by atoms with Crippen LogP contribution in [0.4, 0.5) is 10.1 Å². The molecule has 0 radical (unpaired) electrons. The number of aromatic nitrogens is 2. The molecule has 1 unspecified atom stereocenters. The molecule has 4 aromatic rings. The third kappa shape index (κ3) is 3.82. The molecule has 0 spiro atoms. The van der Waals surface area contributed by atoms with E-state index < -0.39 is 29.3 Å². The Balaban J connectivity index is 1.87. The Hall–Kier alpha value is -3.85. The number of amides is 1. The van der Waals surface area contributed by atoms with E-state index in [1.54, 1.807) is 24.3 Å². The molecule has 1 amide bonds. The van der Waals surface area contributed by atoms with Gasteiger partial charge in [-0.2, -0.15) is 0 Å². The number of hydrogen-bond acceptors (Lipinski definition) is 5. The van der Waals surface area contributed by atoms with E-state index in [2.05, 4.69) is 10.3 Å². The number of fused-ring (bicyclic) bond motifs is 1. The van der Waals surface area contributed by atoms with Crippen molar-refractivity contribution in [3.05, 3.63) is 81.7 Å². The molecule has 7 nitrogen and oxygen atoms in total. The van der Waals surface area contributed by atoms with E-state index in [1.807, 2.05) is 6.07 Å². The van der Waals surface area contributed by atoms with Crippen molar-refractivity contribution in [1.29, 1.82) is 0 Å². The molecule has 0 saturated carbocycles. The normalized spacial score (nSPS) is 11.9. The second kappa shape index (κ2) is 8.11. The van der Waals surface area contributed by atoms with Crippen molar-refractivity contribution in [1.82, 2.24) is 9.55 Å². The van der Waals surface area contributed by atoms with Gasteiger partial charge in [0.05, 0.1) is 10.9 Å². The highest BCUT2D eigenvalue weighted by atomic mass is 32.1. The number of anilines is 1. The maximum absolute atomic E-state index is 13.4. The quantitative estimate of drug-likeness (QED) is 0.488. The van der Waals surface area contributed by atoms with E-state index in [0.29, 0.717) is 11.3 Å². The number of nitrogens with zero attached hydrogens (tertiary/aromatic N) is 2. The fourth-order valence-electron chi connectivity index (χ4n) is 3.21. The number of aromatic carboxylic acids is 1. The van der Waals surface area contributed by atoms with Crippen LogP contribution in [0, 0.1) is 5.82 Å². The summed E-state index contributed by atoms with van der Waals surface area (Å²) in [5.74, 6) is -1.97. The molecule has 0 aliphatic rings. The molecular weight excluding hydrogens is 421 g/mol. The topological polar surface area (TPSA) is 101 Å². The number of carbonyl (C=O) groups is 2. The van der Waals surface area contributed by atoms with Gasteiger partial charge in [-0.05, 0) is 31.2 Å². The highest BCUT2D eigenvalue weighted by Crippen LogP contribution is 2.27. The highest BCUT2D eigenvalue weighted by Gasteiger charge is 2.26. The first-order valence-corrected chi connectivity index (χ1v) is 10.1. The highest BCUT2D eigenvalue weighted by molar-refractivity contribution is 7.17. The summed E-state index contributed by atoms with van der Waals surface area (Å²) in [4.78, 5) is 42.7. The van der Waals surface area contributed by atoms with Crippen LogP contribution in [-0.2, 0) is 4.79 Å². The van der Waals surface area contributed by atoms with Crippen molar-refractivity contribution < 1.29 is 19.1 Å². The number of carboxylic acids is 1. The SMILES string of the molecule is CC(C(=O)Nc1ccc(F)cc1)n1c(-c2ccccc2)nc2scc(C(=O)O)c2c1=O. The number of carboxylic acid groups (broad SMARTS) is 1. The summed E-state index contributed by atoms with van der Waals surface area (Å²) in [5, 5.41) is 13.4. The first-order valence-electron chi connectivity index (χ1n) is 9.25. The zero-order valence-corrected chi connectivity index (χ0v) is 17.0. The average molecular weight is 437 g/mol. The Morgan fingerprint density at radius 2 is 1.81 bits per heavy atom. The number of benzene rings is 2. The van der Waals surface area contributed by atoms with Crippen LogP contribution in [0.5, 0.6) is 0 Å². The smallest absolute Gasteiger partial charge is 0.337 e. The molecule has 9 heteroatoms. The number of thiophene rings is 1. The minimum absolute atomic E-state index is 0.0430. The average Bonchev–Trinajstić information content (AvgIpc) is 3.20. The van der Waals surface area contributed by atoms with Gasteiger partial charge in [0.2, 0.25) is 5.91 Å². The molecule has 31 heavy (non-hydrogen) atoms. The van der Waals surface area contributed by atoms with Crippen molar-refractivity contribution >= 4 is 39.1 Å². The van der Waals surface area contributed by atoms with E-state index in [4.69, 9.17) is 0 Å². The zero-order valence-electron chi connectivity index (χ0n) is 16.2. The number of halogens is 1. The summed E-state index contributed by atoms with van der Waals surface area (Å²) < 4.78 is 14.3. The van der Waals surface area contributed by atoms with Gasteiger partial charge < -0.3 is 10.4 Å². The minimum Gasteiger partial charge on any atom is -0.478 e. The van der Waals surface area contributed by atoms with Crippen LogP contribution >= 0.6 is 11.3 Å². The summed E-state index contributed by atoms with van der Waals surface area (Å²) in [5.41, 5.74) is 0.192. The molecule has 156 valence electrons. The van der Waals surface area contributed by atoms with Crippen LogP contribution in [0.2, 0.25) is 0 Å². The van der Waals surface area contributed by atoms with Gasteiger partial charge in [-0.15, -0.1) is 11.3 Å². The fourth-order valence-corrected chi connectivity index (χ4v) is 4.11. The third-order valence-corrected chi connectivity index (χ3v) is 5.65. The first kappa shape index (κ1) is 20.4. The maximum atomic E-state index is 13.4. The van der Waals surface area contributed by atoms with E-state index in [1.165, 1.54) is 41.1 Å². The summed E-state index contributed by atoms with van der Waals surface area (Å²) in [6.07, 6.45) is 0. The van der Waals surface area contributed by atoms with Gasteiger partial charge in [-0.3, -0.25) is 14.2 Å². The molecule has 2 aromatic heterocycles. The summed E-state index contributed by atoms with van der Waals surface area (Å²) in [6.45, 7) is 1.52. The van der Waals surface area contributed by atoms with Crippen LogP contribution in [0.25, 0.3) is 21.6 Å². The van der Waals surface area contributed by atoms with Gasteiger partial charge in [0, 0.05) is 16.6 Å². The van der Waals surface area contributed by atoms with Crippen LogP contribution in [0.15, 0.2) is 64.8 Å². The van der Waals surface area contributed by atoms with Gasteiger partial charge in [0.25, 0.3) is 5.56 Å². The molecule has 0 aliphatic heterocycles. The standard InChI is InChI=1S/C22H16FN3O4S/c1-12(19(27)24-15-9-7-14(23)8-10-15)26-18(13-5-3-2-4-6-13)25-20-17(21(26)28)16(11-31-20)22(29)30/h2-12H,1H3,(H,24,27)(H,29,30). The number of nitrogens with one attached hydrogen (secondary N) is 1. The van der Waals surface area contributed by atoms with Crippen LogP contribution in [0.3, 0.4) is 0 Å². The molecule has 2 N–H and O–H groups in total. The number of rotatable bonds is 5. The second-order valence-electron chi connectivity index (χ2n) is 6.78. The first-order chi connectivity index (χ1) is 14.9. The lowest BCUT2D eigenvalue weighted by Crippen LogP contribution is -2.33. The summed E-state index contributed by atoms with van der Waals surface area (Å²) in [7, 11) is 0.